The lowest BCUT2D eigenvalue weighted by molar-refractivity contribution is 1.52. The first-order valence-electron chi connectivity index (χ1n) is 4.89. The molecule has 86 valence electrons. The molecule has 0 N–H and O–H groups in total. The van der Waals surface area contributed by atoms with E-state index in [1.54, 1.807) is 24.4 Å². The first kappa shape index (κ1) is 12.4. The summed E-state index contributed by atoms with van der Waals surface area (Å²) < 4.78 is 0. The molecular weight excluding hydrogens is 277 g/mol. The summed E-state index contributed by atoms with van der Waals surface area (Å²) in [7, 11) is 0. The normalized spacial score (nSPS) is 11.0. The minimum Gasteiger partial charge on any atom is -0.256 e. The zero-order chi connectivity index (χ0) is 12.3. The van der Waals surface area contributed by atoms with Gasteiger partial charge in [0, 0.05) is 21.3 Å². The molecule has 0 saturated carbocycles. The summed E-state index contributed by atoms with van der Waals surface area (Å²) in [4.78, 5) is 4.29. The fourth-order valence-electron chi connectivity index (χ4n) is 1.35. The van der Waals surface area contributed by atoms with Crippen LogP contribution in [0.2, 0.25) is 15.1 Å². The molecule has 0 radical (unpaired) electrons. The minimum absolute atomic E-state index is 0.566. The molecule has 1 nitrogen and oxygen atoms in total. The van der Waals surface area contributed by atoms with Crippen molar-refractivity contribution in [2.75, 3.05) is 0 Å². The summed E-state index contributed by atoms with van der Waals surface area (Å²) in [6.07, 6.45) is 1.72. The molecule has 17 heavy (non-hydrogen) atoms. The van der Waals surface area contributed by atoms with Crippen molar-refractivity contribution < 1.29 is 0 Å². The lowest BCUT2D eigenvalue weighted by atomic mass is 10.2. The minimum atomic E-state index is 0.566. The highest BCUT2D eigenvalue weighted by atomic mass is 35.5. The van der Waals surface area contributed by atoms with E-state index in [0.29, 0.717) is 20.8 Å². The van der Waals surface area contributed by atoms with E-state index in [4.69, 9.17) is 34.8 Å². The molecule has 0 aliphatic heterocycles. The van der Waals surface area contributed by atoms with Crippen LogP contribution >= 0.6 is 34.8 Å². The summed E-state index contributed by atoms with van der Waals surface area (Å²) >= 11 is 17.6. The third kappa shape index (κ3) is 3.74. The number of hydrogen-bond acceptors (Lipinski definition) is 1. The van der Waals surface area contributed by atoms with Gasteiger partial charge in [-0.25, -0.2) is 0 Å². The fourth-order valence-corrected chi connectivity index (χ4v) is 2.06. The van der Waals surface area contributed by atoms with Crippen molar-refractivity contribution in [1.29, 1.82) is 0 Å². The third-order valence-corrected chi connectivity index (χ3v) is 2.73. The Morgan fingerprint density at radius 1 is 0.824 bits per heavy atom. The lowest BCUT2D eigenvalue weighted by Gasteiger charge is -1.97. The summed E-state index contributed by atoms with van der Waals surface area (Å²) in [5.74, 6) is 0. The molecule has 0 heterocycles. The molecule has 0 amide bonds. The van der Waals surface area contributed by atoms with Crippen LogP contribution in [-0.2, 0) is 0 Å². The van der Waals surface area contributed by atoms with Crippen LogP contribution in [0.3, 0.4) is 0 Å². The molecule has 2 aromatic rings. The van der Waals surface area contributed by atoms with Gasteiger partial charge in [0.2, 0.25) is 0 Å². The smallest absolute Gasteiger partial charge is 0.0659 e. The maximum Gasteiger partial charge on any atom is 0.0659 e. The van der Waals surface area contributed by atoms with Crippen molar-refractivity contribution in [3.05, 3.63) is 63.1 Å². The molecule has 0 aliphatic rings. The van der Waals surface area contributed by atoms with Crippen LogP contribution in [-0.4, -0.2) is 6.21 Å². The van der Waals surface area contributed by atoms with Gasteiger partial charge in [0.25, 0.3) is 0 Å². The topological polar surface area (TPSA) is 12.4 Å². The van der Waals surface area contributed by atoms with Crippen LogP contribution in [0.15, 0.2) is 47.5 Å². The Balaban J connectivity index is 2.25. The number of rotatable bonds is 2. The summed E-state index contributed by atoms with van der Waals surface area (Å²) in [5, 5.41) is 1.81. The highest BCUT2D eigenvalue weighted by Crippen LogP contribution is 2.24. The number of hydrogen-bond donors (Lipinski definition) is 0. The first-order valence-corrected chi connectivity index (χ1v) is 6.02. The zero-order valence-electron chi connectivity index (χ0n) is 8.70. The number of benzene rings is 2. The molecule has 2 aromatic carbocycles. The molecule has 0 aliphatic carbocycles. The quantitative estimate of drug-likeness (QED) is 0.655. The Hall–Kier alpha value is -1.02. The van der Waals surface area contributed by atoms with Gasteiger partial charge >= 0.3 is 0 Å². The SMILES string of the molecule is Clc1cccc(/C=N/c2cc(Cl)cc(Cl)c2)c1. The van der Waals surface area contributed by atoms with Gasteiger partial charge < -0.3 is 0 Å². The maximum absolute atomic E-state index is 5.88. The predicted octanol–water partition coefficient (Wildman–Crippen LogP) is 5.40. The molecule has 0 aromatic heterocycles. The average molecular weight is 285 g/mol. The van der Waals surface area contributed by atoms with E-state index >= 15 is 0 Å². The largest absolute Gasteiger partial charge is 0.256 e. The van der Waals surface area contributed by atoms with E-state index in [0.717, 1.165) is 5.56 Å². The van der Waals surface area contributed by atoms with E-state index in [9.17, 15) is 0 Å². The Morgan fingerprint density at radius 2 is 1.53 bits per heavy atom. The van der Waals surface area contributed by atoms with Crippen LogP contribution in [0.4, 0.5) is 5.69 Å². The molecule has 0 saturated heterocycles. The number of nitrogens with zero attached hydrogens (tertiary/aromatic N) is 1. The van der Waals surface area contributed by atoms with Gasteiger partial charge in [0.1, 0.15) is 0 Å². The van der Waals surface area contributed by atoms with Gasteiger partial charge in [-0.1, -0.05) is 46.9 Å². The van der Waals surface area contributed by atoms with Gasteiger partial charge in [-0.15, -0.1) is 0 Å². The molecular formula is C13H8Cl3N. The van der Waals surface area contributed by atoms with E-state index in [2.05, 4.69) is 4.99 Å². The van der Waals surface area contributed by atoms with E-state index in [1.165, 1.54) is 0 Å². The molecule has 2 rings (SSSR count). The van der Waals surface area contributed by atoms with Crippen LogP contribution in [0, 0.1) is 0 Å². The molecule has 4 heteroatoms. The van der Waals surface area contributed by atoms with Crippen molar-refractivity contribution >= 4 is 46.7 Å². The van der Waals surface area contributed by atoms with Gasteiger partial charge in [0.05, 0.1) is 5.69 Å². The third-order valence-electron chi connectivity index (χ3n) is 2.06. The predicted molar refractivity (Wildman–Crippen MR) is 75.2 cm³/mol. The Morgan fingerprint density at radius 3 is 2.18 bits per heavy atom. The molecule has 0 fully saturated rings. The van der Waals surface area contributed by atoms with E-state index < -0.39 is 0 Å². The van der Waals surface area contributed by atoms with Crippen LogP contribution < -0.4 is 0 Å². The maximum atomic E-state index is 5.88. The summed E-state index contributed by atoms with van der Waals surface area (Å²) in [5.41, 5.74) is 1.64. The van der Waals surface area contributed by atoms with Crippen molar-refractivity contribution in [1.82, 2.24) is 0 Å². The first-order chi connectivity index (χ1) is 8.13. The molecule has 0 atom stereocenters. The monoisotopic (exact) mass is 283 g/mol. The average Bonchev–Trinajstić information content (AvgIpc) is 2.25. The Bertz CT molecular complexity index is 544. The van der Waals surface area contributed by atoms with Crippen LogP contribution in [0.5, 0.6) is 0 Å². The van der Waals surface area contributed by atoms with Crippen molar-refractivity contribution in [2.24, 2.45) is 4.99 Å². The molecule has 0 bridgehead atoms. The summed E-state index contributed by atoms with van der Waals surface area (Å²) in [6, 6.07) is 12.6. The van der Waals surface area contributed by atoms with Gasteiger partial charge in [-0.05, 0) is 35.9 Å². The van der Waals surface area contributed by atoms with Crippen LogP contribution in [0.25, 0.3) is 0 Å². The number of aliphatic imine (C=N–C) groups is 1. The fraction of sp³-hybridized carbons (Fsp3) is 0. The van der Waals surface area contributed by atoms with Gasteiger partial charge in [-0.2, -0.15) is 0 Å². The standard InChI is InChI=1S/C13H8Cl3N/c14-10-3-1-2-9(4-10)8-17-13-6-11(15)5-12(16)7-13/h1-8H/b17-8+. The van der Waals surface area contributed by atoms with E-state index in [-0.39, 0.29) is 0 Å². The number of halogens is 3. The van der Waals surface area contributed by atoms with Crippen molar-refractivity contribution in [2.45, 2.75) is 0 Å². The lowest BCUT2D eigenvalue weighted by Crippen LogP contribution is -1.79. The highest BCUT2D eigenvalue weighted by molar-refractivity contribution is 6.35. The van der Waals surface area contributed by atoms with E-state index in [1.807, 2.05) is 24.3 Å². The van der Waals surface area contributed by atoms with Crippen molar-refractivity contribution in [3.63, 3.8) is 0 Å². The molecule has 0 unspecified atom stereocenters. The Labute approximate surface area is 115 Å². The summed E-state index contributed by atoms with van der Waals surface area (Å²) in [6.45, 7) is 0. The van der Waals surface area contributed by atoms with Gasteiger partial charge in [0.15, 0.2) is 0 Å². The van der Waals surface area contributed by atoms with Gasteiger partial charge in [-0.3, -0.25) is 4.99 Å². The second-order valence-corrected chi connectivity index (χ2v) is 4.75. The van der Waals surface area contributed by atoms with Crippen molar-refractivity contribution in [3.8, 4) is 0 Å². The van der Waals surface area contributed by atoms with Crippen LogP contribution in [0.1, 0.15) is 5.56 Å². The Kier molecular flexibility index (Phi) is 4.06. The zero-order valence-corrected chi connectivity index (χ0v) is 11.0. The highest BCUT2D eigenvalue weighted by Gasteiger charge is 1.96. The second kappa shape index (κ2) is 5.54. The molecule has 0 spiro atoms. The second-order valence-electron chi connectivity index (χ2n) is 3.44.